The molecule has 3 aromatic rings. The van der Waals surface area contributed by atoms with Crippen molar-refractivity contribution in [3.8, 4) is 22.8 Å². The van der Waals surface area contributed by atoms with E-state index in [1.165, 1.54) is 7.11 Å². The molecule has 130 valence electrons. The Morgan fingerprint density at radius 1 is 0.960 bits per heavy atom. The second kappa shape index (κ2) is 6.55. The summed E-state index contributed by atoms with van der Waals surface area (Å²) < 4.78 is 25.7. The molecule has 0 radical (unpaired) electrons. The first-order valence-corrected chi connectivity index (χ1v) is 7.92. The maximum atomic E-state index is 15.1. The van der Waals surface area contributed by atoms with Gasteiger partial charge in [-0.05, 0) is 18.1 Å². The summed E-state index contributed by atoms with van der Waals surface area (Å²) in [4.78, 5) is 8.53. The molecule has 2 aromatic heterocycles. The zero-order valence-electron chi connectivity index (χ0n) is 14.6. The molecule has 2 N–H and O–H groups in total. The van der Waals surface area contributed by atoms with Gasteiger partial charge in [0.25, 0.3) is 0 Å². The van der Waals surface area contributed by atoms with Crippen LogP contribution in [-0.2, 0) is 0 Å². The number of ether oxygens (including phenoxy) is 2. The van der Waals surface area contributed by atoms with Crippen LogP contribution < -0.4 is 15.2 Å². The highest BCUT2D eigenvalue weighted by Crippen LogP contribution is 2.42. The molecule has 0 fully saturated rings. The Morgan fingerprint density at radius 3 is 2.24 bits per heavy atom. The van der Waals surface area contributed by atoms with Gasteiger partial charge in [-0.15, -0.1) is 0 Å². The topological polar surface area (TPSA) is 70.3 Å². The van der Waals surface area contributed by atoms with Crippen LogP contribution in [-0.4, -0.2) is 24.2 Å². The lowest BCUT2D eigenvalue weighted by Gasteiger charge is -2.19. The van der Waals surface area contributed by atoms with Crippen molar-refractivity contribution in [1.29, 1.82) is 0 Å². The Kier molecular flexibility index (Phi) is 4.44. The molecule has 0 atom stereocenters. The minimum absolute atomic E-state index is 0.0346. The number of nitrogen functional groups attached to an aromatic ring is 1. The van der Waals surface area contributed by atoms with Crippen molar-refractivity contribution >= 4 is 16.6 Å². The third kappa shape index (κ3) is 2.95. The average molecular weight is 341 g/mol. The van der Waals surface area contributed by atoms with Crippen LogP contribution in [0.25, 0.3) is 22.0 Å². The van der Waals surface area contributed by atoms with Crippen molar-refractivity contribution in [3.63, 3.8) is 0 Å². The molecule has 0 saturated carbocycles. The fourth-order valence-electron chi connectivity index (χ4n) is 2.96. The standard InChI is InChI=1S/C19H20FN3O2/c1-10(2)17-14(24-3)7-15(25-4)19(20)18(17)13-5-11-9-23-16(21)6-12(11)8-22-13/h5-10H,1-4H3,(H2,21,23). The summed E-state index contributed by atoms with van der Waals surface area (Å²) in [5, 5.41) is 1.67. The van der Waals surface area contributed by atoms with Gasteiger partial charge in [0.1, 0.15) is 11.6 Å². The molecule has 0 amide bonds. The first-order chi connectivity index (χ1) is 12.0. The summed E-state index contributed by atoms with van der Waals surface area (Å²) in [5.74, 6) is 0.683. The van der Waals surface area contributed by atoms with Gasteiger partial charge in [0, 0.05) is 40.4 Å². The predicted octanol–water partition coefficient (Wildman–Crippen LogP) is 4.16. The minimum Gasteiger partial charge on any atom is -0.496 e. The summed E-state index contributed by atoms with van der Waals surface area (Å²) >= 11 is 0. The number of aromatic nitrogens is 2. The summed E-state index contributed by atoms with van der Waals surface area (Å²) in [6.07, 6.45) is 3.32. The monoisotopic (exact) mass is 341 g/mol. The molecule has 0 spiro atoms. The number of anilines is 1. The maximum Gasteiger partial charge on any atom is 0.174 e. The third-order valence-electron chi connectivity index (χ3n) is 4.13. The fraction of sp³-hybridized carbons (Fsp3) is 0.263. The molecular weight excluding hydrogens is 321 g/mol. The van der Waals surface area contributed by atoms with Crippen LogP contribution in [0.15, 0.2) is 30.6 Å². The first-order valence-electron chi connectivity index (χ1n) is 7.92. The number of rotatable bonds is 4. The molecule has 0 bridgehead atoms. The lowest BCUT2D eigenvalue weighted by Crippen LogP contribution is -2.04. The van der Waals surface area contributed by atoms with Gasteiger partial charge in [0.15, 0.2) is 11.6 Å². The molecule has 2 heterocycles. The lowest BCUT2D eigenvalue weighted by atomic mass is 9.92. The van der Waals surface area contributed by atoms with Crippen LogP contribution in [0.3, 0.4) is 0 Å². The summed E-state index contributed by atoms with van der Waals surface area (Å²) in [6.45, 7) is 3.97. The van der Waals surface area contributed by atoms with E-state index in [2.05, 4.69) is 9.97 Å². The number of hydrogen-bond acceptors (Lipinski definition) is 5. The molecule has 25 heavy (non-hydrogen) atoms. The number of benzene rings is 1. The highest BCUT2D eigenvalue weighted by atomic mass is 19.1. The fourth-order valence-corrected chi connectivity index (χ4v) is 2.96. The van der Waals surface area contributed by atoms with Crippen LogP contribution in [0.4, 0.5) is 10.2 Å². The predicted molar refractivity (Wildman–Crippen MR) is 96.5 cm³/mol. The van der Waals surface area contributed by atoms with Crippen LogP contribution in [0.5, 0.6) is 11.5 Å². The number of methoxy groups -OCH3 is 2. The average Bonchev–Trinajstić information content (AvgIpc) is 2.60. The molecule has 0 saturated heterocycles. The van der Waals surface area contributed by atoms with E-state index < -0.39 is 5.82 Å². The zero-order valence-corrected chi connectivity index (χ0v) is 14.6. The maximum absolute atomic E-state index is 15.1. The van der Waals surface area contributed by atoms with Gasteiger partial charge in [-0.3, -0.25) is 4.98 Å². The second-order valence-electron chi connectivity index (χ2n) is 6.06. The van der Waals surface area contributed by atoms with Crippen LogP contribution in [0.1, 0.15) is 25.3 Å². The number of nitrogens with zero attached hydrogens (tertiary/aromatic N) is 2. The SMILES string of the molecule is COc1cc(OC)c(C(C)C)c(-c2cc3cnc(N)cc3cn2)c1F. The van der Waals surface area contributed by atoms with Gasteiger partial charge in [-0.25, -0.2) is 9.37 Å². The second-order valence-corrected chi connectivity index (χ2v) is 6.06. The van der Waals surface area contributed by atoms with E-state index in [4.69, 9.17) is 15.2 Å². The Bertz CT molecular complexity index is 942. The summed E-state index contributed by atoms with van der Waals surface area (Å²) in [6, 6.07) is 5.10. The zero-order chi connectivity index (χ0) is 18.1. The summed E-state index contributed by atoms with van der Waals surface area (Å²) in [7, 11) is 2.99. The smallest absolute Gasteiger partial charge is 0.174 e. The minimum atomic E-state index is -0.456. The molecule has 5 nitrogen and oxygen atoms in total. The van der Waals surface area contributed by atoms with E-state index in [0.717, 1.165) is 16.3 Å². The Hall–Kier alpha value is -2.89. The van der Waals surface area contributed by atoms with Crippen molar-refractivity contribution < 1.29 is 13.9 Å². The van der Waals surface area contributed by atoms with Gasteiger partial charge >= 0.3 is 0 Å². The number of nitrogens with two attached hydrogens (primary N) is 1. The van der Waals surface area contributed by atoms with E-state index in [1.807, 2.05) is 13.8 Å². The van der Waals surface area contributed by atoms with Crippen molar-refractivity contribution in [2.45, 2.75) is 19.8 Å². The van der Waals surface area contributed by atoms with Gasteiger partial charge in [-0.1, -0.05) is 13.8 Å². The third-order valence-corrected chi connectivity index (χ3v) is 4.13. The normalized spacial score (nSPS) is 11.1. The van der Waals surface area contributed by atoms with Gasteiger partial charge in [0.05, 0.1) is 19.9 Å². The molecule has 0 aliphatic carbocycles. The molecule has 0 aliphatic rings. The molecule has 3 rings (SSSR count). The van der Waals surface area contributed by atoms with Gasteiger partial charge in [0.2, 0.25) is 0 Å². The first kappa shape index (κ1) is 17.0. The van der Waals surface area contributed by atoms with E-state index in [-0.39, 0.29) is 11.7 Å². The number of halogens is 1. The van der Waals surface area contributed by atoms with Crippen LogP contribution in [0, 0.1) is 5.82 Å². The highest BCUT2D eigenvalue weighted by molar-refractivity contribution is 5.87. The van der Waals surface area contributed by atoms with E-state index in [1.54, 1.807) is 37.7 Å². The summed E-state index contributed by atoms with van der Waals surface area (Å²) in [5.41, 5.74) is 7.33. The van der Waals surface area contributed by atoms with Gasteiger partial charge < -0.3 is 15.2 Å². The van der Waals surface area contributed by atoms with Crippen LogP contribution in [0.2, 0.25) is 0 Å². The van der Waals surface area contributed by atoms with Crippen molar-refractivity contribution in [2.75, 3.05) is 20.0 Å². The number of pyridine rings is 2. The molecular formula is C19H20FN3O2. The van der Waals surface area contributed by atoms with Crippen molar-refractivity contribution in [3.05, 3.63) is 42.0 Å². The quantitative estimate of drug-likeness (QED) is 0.771. The van der Waals surface area contributed by atoms with Crippen molar-refractivity contribution in [2.24, 2.45) is 0 Å². The molecule has 6 heteroatoms. The largest absolute Gasteiger partial charge is 0.496 e. The van der Waals surface area contributed by atoms with E-state index in [9.17, 15) is 0 Å². The lowest BCUT2D eigenvalue weighted by molar-refractivity contribution is 0.371. The molecule has 0 aliphatic heterocycles. The van der Waals surface area contributed by atoms with Gasteiger partial charge in [-0.2, -0.15) is 0 Å². The Morgan fingerprint density at radius 2 is 1.60 bits per heavy atom. The number of hydrogen-bond donors (Lipinski definition) is 1. The van der Waals surface area contributed by atoms with Crippen molar-refractivity contribution in [1.82, 2.24) is 9.97 Å². The van der Waals surface area contributed by atoms with Crippen LogP contribution >= 0.6 is 0 Å². The Balaban J connectivity index is 2.33. The van der Waals surface area contributed by atoms with E-state index in [0.29, 0.717) is 22.8 Å². The number of fused-ring (bicyclic) bond motifs is 1. The highest BCUT2D eigenvalue weighted by Gasteiger charge is 2.24. The molecule has 0 unspecified atom stereocenters. The van der Waals surface area contributed by atoms with E-state index >= 15 is 4.39 Å². The Labute approximate surface area is 145 Å². The molecule has 1 aromatic carbocycles.